The Bertz CT molecular complexity index is 325. The van der Waals surface area contributed by atoms with Crippen LogP contribution in [-0.2, 0) is 11.8 Å². The minimum Gasteiger partial charge on any atom is -0.103 e. The second-order valence-electron chi connectivity index (χ2n) is 4.21. The van der Waals surface area contributed by atoms with E-state index in [0.717, 1.165) is 6.42 Å². The zero-order chi connectivity index (χ0) is 9.31. The van der Waals surface area contributed by atoms with E-state index in [2.05, 4.69) is 37.8 Å². The van der Waals surface area contributed by atoms with Gasteiger partial charge < -0.3 is 0 Å². The van der Waals surface area contributed by atoms with E-state index < -0.39 is 0 Å². The van der Waals surface area contributed by atoms with Crippen LogP contribution in [0.25, 0.3) is 0 Å². The van der Waals surface area contributed by atoms with Gasteiger partial charge in [0.05, 0.1) is 0 Å². The summed E-state index contributed by atoms with van der Waals surface area (Å²) in [5.41, 5.74) is 3.43. The van der Waals surface area contributed by atoms with E-state index in [-0.39, 0.29) is 0 Å². The highest BCUT2D eigenvalue weighted by molar-refractivity contribution is 5.39. The highest BCUT2D eigenvalue weighted by Gasteiger charge is 2.32. The number of rotatable bonds is 2. The number of aryl methyl sites for hydroxylation is 1. The predicted octanol–water partition coefficient (Wildman–Crippen LogP) is 3.47. The number of allylic oxidation sites excluding steroid dienone is 1. The van der Waals surface area contributed by atoms with E-state index in [0.29, 0.717) is 5.41 Å². The van der Waals surface area contributed by atoms with Gasteiger partial charge >= 0.3 is 0 Å². The third-order valence-corrected chi connectivity index (χ3v) is 3.21. The molecule has 0 spiro atoms. The molecule has 0 saturated heterocycles. The highest BCUT2D eigenvalue weighted by Crippen LogP contribution is 2.41. The number of fused-ring (bicyclic) bond motifs is 1. The van der Waals surface area contributed by atoms with Gasteiger partial charge in [-0.3, -0.25) is 0 Å². The monoisotopic (exact) mass is 172 g/mol. The van der Waals surface area contributed by atoms with E-state index in [1.807, 2.05) is 6.08 Å². The van der Waals surface area contributed by atoms with E-state index >= 15 is 0 Å². The van der Waals surface area contributed by atoms with Gasteiger partial charge in [0.1, 0.15) is 0 Å². The Morgan fingerprint density at radius 2 is 2.23 bits per heavy atom. The maximum Gasteiger partial charge on any atom is -0.00350 e. The Morgan fingerprint density at radius 1 is 1.46 bits per heavy atom. The van der Waals surface area contributed by atoms with Crippen LogP contribution < -0.4 is 0 Å². The molecule has 1 aliphatic rings. The van der Waals surface area contributed by atoms with Gasteiger partial charge in [0.25, 0.3) is 0 Å². The average molecular weight is 172 g/mol. The average Bonchev–Trinajstić information content (AvgIpc) is 2.46. The Hall–Kier alpha value is -1.04. The van der Waals surface area contributed by atoms with Crippen LogP contribution in [0.15, 0.2) is 36.9 Å². The van der Waals surface area contributed by atoms with Crippen molar-refractivity contribution in [2.75, 3.05) is 0 Å². The number of hydrogen-bond donors (Lipinski definition) is 0. The van der Waals surface area contributed by atoms with Crippen LogP contribution in [0.1, 0.15) is 30.9 Å². The summed E-state index contributed by atoms with van der Waals surface area (Å²) >= 11 is 0. The molecular formula is C13H16. The fraction of sp³-hybridized carbons (Fsp3) is 0.385. The van der Waals surface area contributed by atoms with Gasteiger partial charge in [-0.05, 0) is 35.8 Å². The van der Waals surface area contributed by atoms with Crippen LogP contribution in [0, 0.1) is 0 Å². The number of benzene rings is 1. The molecule has 1 aliphatic carbocycles. The van der Waals surface area contributed by atoms with Crippen molar-refractivity contribution in [3.63, 3.8) is 0 Å². The Morgan fingerprint density at radius 3 is 3.00 bits per heavy atom. The second-order valence-corrected chi connectivity index (χ2v) is 4.21. The fourth-order valence-electron chi connectivity index (χ4n) is 2.40. The molecule has 68 valence electrons. The normalized spacial score (nSPS) is 25.6. The van der Waals surface area contributed by atoms with E-state index in [9.17, 15) is 0 Å². The van der Waals surface area contributed by atoms with Crippen LogP contribution >= 0.6 is 0 Å². The summed E-state index contributed by atoms with van der Waals surface area (Å²) in [5.74, 6) is 0. The zero-order valence-electron chi connectivity index (χ0n) is 8.22. The third-order valence-electron chi connectivity index (χ3n) is 3.21. The van der Waals surface area contributed by atoms with Crippen molar-refractivity contribution in [1.29, 1.82) is 0 Å². The molecule has 1 aromatic carbocycles. The Labute approximate surface area is 80.3 Å². The van der Waals surface area contributed by atoms with Crippen molar-refractivity contribution in [3.8, 4) is 0 Å². The summed E-state index contributed by atoms with van der Waals surface area (Å²) < 4.78 is 0. The summed E-state index contributed by atoms with van der Waals surface area (Å²) in [6, 6.07) is 8.81. The van der Waals surface area contributed by atoms with Crippen molar-refractivity contribution in [2.45, 2.75) is 31.6 Å². The highest BCUT2D eigenvalue weighted by atomic mass is 14.4. The molecule has 2 rings (SSSR count). The maximum absolute atomic E-state index is 3.84. The van der Waals surface area contributed by atoms with Gasteiger partial charge in [0.15, 0.2) is 0 Å². The predicted molar refractivity (Wildman–Crippen MR) is 56.9 cm³/mol. The van der Waals surface area contributed by atoms with Crippen LogP contribution in [0.4, 0.5) is 0 Å². The van der Waals surface area contributed by atoms with E-state index in [1.54, 1.807) is 0 Å². The molecule has 0 bridgehead atoms. The first-order valence-electron chi connectivity index (χ1n) is 4.95. The molecule has 0 unspecified atom stereocenters. The smallest absolute Gasteiger partial charge is 0.00350 e. The second kappa shape index (κ2) is 3.02. The van der Waals surface area contributed by atoms with Gasteiger partial charge in [-0.2, -0.15) is 0 Å². The summed E-state index contributed by atoms with van der Waals surface area (Å²) in [6.45, 7) is 6.19. The molecule has 0 heteroatoms. The first-order chi connectivity index (χ1) is 6.26. The van der Waals surface area contributed by atoms with Crippen LogP contribution in [0.5, 0.6) is 0 Å². The summed E-state index contributed by atoms with van der Waals surface area (Å²) in [4.78, 5) is 0. The summed E-state index contributed by atoms with van der Waals surface area (Å²) in [5, 5.41) is 0. The lowest BCUT2D eigenvalue weighted by Crippen LogP contribution is -2.16. The van der Waals surface area contributed by atoms with Crippen molar-refractivity contribution in [2.24, 2.45) is 0 Å². The van der Waals surface area contributed by atoms with Gasteiger partial charge in [0.2, 0.25) is 0 Å². The largest absolute Gasteiger partial charge is 0.103 e. The zero-order valence-corrected chi connectivity index (χ0v) is 8.22. The lowest BCUT2D eigenvalue weighted by atomic mass is 9.81. The van der Waals surface area contributed by atoms with Crippen molar-refractivity contribution in [3.05, 3.63) is 48.0 Å². The molecule has 0 N–H and O–H groups in total. The lowest BCUT2D eigenvalue weighted by molar-refractivity contribution is 0.476. The SMILES string of the molecule is C=CC[C@]1(C)CCc2ccccc21. The van der Waals surface area contributed by atoms with E-state index in [4.69, 9.17) is 0 Å². The topological polar surface area (TPSA) is 0 Å². The molecule has 0 amide bonds. The van der Waals surface area contributed by atoms with Crippen LogP contribution in [0.2, 0.25) is 0 Å². The van der Waals surface area contributed by atoms with Crippen molar-refractivity contribution >= 4 is 0 Å². The van der Waals surface area contributed by atoms with Gasteiger partial charge in [-0.1, -0.05) is 37.3 Å². The molecule has 1 aromatic rings. The van der Waals surface area contributed by atoms with Gasteiger partial charge in [-0.25, -0.2) is 0 Å². The van der Waals surface area contributed by atoms with E-state index in [1.165, 1.54) is 24.0 Å². The Balaban J connectivity index is 2.42. The quantitative estimate of drug-likeness (QED) is 0.599. The molecular weight excluding hydrogens is 156 g/mol. The standard InChI is InChI=1S/C13H16/c1-3-9-13(2)10-8-11-6-4-5-7-12(11)13/h3-7H,1,8-10H2,2H3/t13-/m1/s1. The molecule has 0 radical (unpaired) electrons. The first kappa shape index (κ1) is 8.55. The van der Waals surface area contributed by atoms with Crippen molar-refractivity contribution in [1.82, 2.24) is 0 Å². The lowest BCUT2D eigenvalue weighted by Gasteiger charge is -2.23. The minimum atomic E-state index is 0.359. The maximum atomic E-state index is 3.84. The molecule has 13 heavy (non-hydrogen) atoms. The summed E-state index contributed by atoms with van der Waals surface area (Å²) in [6.07, 6.45) is 5.66. The van der Waals surface area contributed by atoms with Gasteiger partial charge in [0, 0.05) is 0 Å². The minimum absolute atomic E-state index is 0.359. The molecule has 0 nitrogen and oxygen atoms in total. The number of hydrogen-bond acceptors (Lipinski definition) is 0. The first-order valence-corrected chi connectivity index (χ1v) is 4.95. The van der Waals surface area contributed by atoms with Crippen LogP contribution in [-0.4, -0.2) is 0 Å². The Kier molecular flexibility index (Phi) is 1.99. The van der Waals surface area contributed by atoms with Crippen molar-refractivity contribution < 1.29 is 0 Å². The van der Waals surface area contributed by atoms with Gasteiger partial charge in [-0.15, -0.1) is 6.58 Å². The molecule has 0 saturated carbocycles. The molecule has 1 atom stereocenters. The molecule has 0 aliphatic heterocycles. The molecule has 0 fully saturated rings. The summed E-state index contributed by atoms with van der Waals surface area (Å²) in [7, 11) is 0. The van der Waals surface area contributed by atoms with Crippen LogP contribution in [0.3, 0.4) is 0 Å². The molecule has 0 aromatic heterocycles. The molecule has 0 heterocycles. The fourth-order valence-corrected chi connectivity index (χ4v) is 2.40. The third kappa shape index (κ3) is 1.31.